The van der Waals surface area contributed by atoms with E-state index in [0.29, 0.717) is 64.8 Å². The molecule has 1 aliphatic rings. The standard InChI is InChI=1S/C60H74N2O6/c1-57(2,3)49-27-41-23-45-31-51(59(7,8)9)33-47(55(45)67-19-13-17-61-35-39-15-21-65-37-39)25-43-29-50(58(4,5)6)30-44(54(43)64)26-48-34-52(60(10,11)12)32-46(24-42(28-49)53(41)63)56(48)68-20-14-18-62-36-40-16-22-66-38-40/h15-16,21-22,27-38,63-64H,13-14,17-20,23-26H2,1-12H3. The minimum Gasteiger partial charge on any atom is -0.507 e. The molecule has 2 heterocycles. The molecule has 2 aromatic heterocycles. The molecule has 8 bridgehead atoms. The summed E-state index contributed by atoms with van der Waals surface area (Å²) in [5.74, 6) is 2.15. The van der Waals surface area contributed by atoms with E-state index < -0.39 is 0 Å². The second kappa shape index (κ2) is 20.3. The van der Waals surface area contributed by atoms with Gasteiger partial charge in [-0.2, -0.15) is 0 Å². The molecule has 1 aliphatic carbocycles. The molecule has 0 atom stereocenters. The Morgan fingerprint density at radius 2 is 0.735 bits per heavy atom. The van der Waals surface area contributed by atoms with Gasteiger partial charge in [0.25, 0.3) is 0 Å². The van der Waals surface area contributed by atoms with Crippen LogP contribution in [0.3, 0.4) is 0 Å². The normalized spacial score (nSPS) is 13.7. The average molecular weight is 919 g/mol. The Hall–Kier alpha value is -6.02. The number of nitrogens with zero attached hydrogens (tertiary/aromatic N) is 2. The van der Waals surface area contributed by atoms with E-state index in [-0.39, 0.29) is 33.2 Å². The van der Waals surface area contributed by atoms with Crippen LogP contribution in [0.2, 0.25) is 0 Å². The maximum absolute atomic E-state index is 12.6. The summed E-state index contributed by atoms with van der Waals surface area (Å²) >= 11 is 0. The fourth-order valence-electron chi connectivity index (χ4n) is 8.71. The van der Waals surface area contributed by atoms with Gasteiger partial charge < -0.3 is 28.5 Å². The van der Waals surface area contributed by atoms with E-state index in [0.717, 1.165) is 89.4 Å². The Balaban J connectivity index is 1.42. The molecule has 0 saturated carbocycles. The maximum Gasteiger partial charge on any atom is 0.126 e. The molecule has 8 heteroatoms. The van der Waals surface area contributed by atoms with Crippen LogP contribution in [0.15, 0.2) is 105 Å². The van der Waals surface area contributed by atoms with Gasteiger partial charge in [0.2, 0.25) is 0 Å². The molecule has 0 aliphatic heterocycles. The quantitative estimate of drug-likeness (QED) is 0.0933. The van der Waals surface area contributed by atoms with Gasteiger partial charge in [0.15, 0.2) is 0 Å². The van der Waals surface area contributed by atoms with Crippen molar-refractivity contribution < 1.29 is 28.5 Å². The van der Waals surface area contributed by atoms with E-state index >= 15 is 0 Å². The zero-order chi connectivity index (χ0) is 49.0. The fraction of sp³-hybridized carbons (Fsp3) is 0.433. The van der Waals surface area contributed by atoms with Gasteiger partial charge >= 0.3 is 0 Å². The Morgan fingerprint density at radius 3 is 0.985 bits per heavy atom. The summed E-state index contributed by atoms with van der Waals surface area (Å²) in [6.07, 6.45) is 13.5. The number of rotatable bonds is 12. The third-order valence-corrected chi connectivity index (χ3v) is 12.9. The van der Waals surface area contributed by atoms with Gasteiger partial charge in [-0.25, -0.2) is 0 Å². The molecule has 4 aromatic carbocycles. The largest absolute Gasteiger partial charge is 0.507 e. The van der Waals surface area contributed by atoms with Crippen LogP contribution in [0.1, 0.15) is 174 Å². The number of hydrogen-bond acceptors (Lipinski definition) is 8. The zero-order valence-electron chi connectivity index (χ0n) is 42.7. The van der Waals surface area contributed by atoms with Gasteiger partial charge in [0.1, 0.15) is 23.0 Å². The number of fused-ring (bicyclic) bond motifs is 8. The predicted molar refractivity (Wildman–Crippen MR) is 278 cm³/mol. The Bertz CT molecular complexity index is 2440. The third kappa shape index (κ3) is 12.3. The topological polar surface area (TPSA) is 110 Å². The van der Waals surface area contributed by atoms with Crippen molar-refractivity contribution >= 4 is 12.4 Å². The molecule has 360 valence electrons. The van der Waals surface area contributed by atoms with Crippen molar-refractivity contribution in [3.63, 3.8) is 0 Å². The molecule has 6 aromatic rings. The van der Waals surface area contributed by atoms with E-state index in [9.17, 15) is 10.2 Å². The average Bonchev–Trinajstić information content (AvgIpc) is 3.98. The summed E-state index contributed by atoms with van der Waals surface area (Å²) in [5, 5.41) is 25.3. The lowest BCUT2D eigenvalue weighted by Gasteiger charge is -2.28. The minimum absolute atomic E-state index is 0.193. The van der Waals surface area contributed by atoms with Crippen molar-refractivity contribution in [1.29, 1.82) is 0 Å². The van der Waals surface area contributed by atoms with Crippen LogP contribution >= 0.6 is 0 Å². The lowest BCUT2D eigenvalue weighted by Crippen LogP contribution is -2.17. The lowest BCUT2D eigenvalue weighted by atomic mass is 9.79. The molecule has 0 unspecified atom stereocenters. The van der Waals surface area contributed by atoms with E-state index in [1.54, 1.807) is 25.1 Å². The van der Waals surface area contributed by atoms with Crippen LogP contribution < -0.4 is 9.47 Å². The summed E-state index contributed by atoms with van der Waals surface area (Å²) < 4.78 is 24.3. The highest BCUT2D eigenvalue weighted by atomic mass is 16.5. The summed E-state index contributed by atoms with van der Waals surface area (Å²) in [7, 11) is 0. The number of ether oxygens (including phenoxy) is 2. The van der Waals surface area contributed by atoms with Crippen molar-refractivity contribution in [2.45, 2.75) is 143 Å². The highest BCUT2D eigenvalue weighted by molar-refractivity contribution is 5.79. The molecule has 7 rings (SSSR count). The summed E-state index contributed by atoms with van der Waals surface area (Å²) in [6.45, 7) is 28.9. The number of benzene rings is 4. The van der Waals surface area contributed by atoms with Crippen molar-refractivity contribution in [1.82, 2.24) is 0 Å². The molecular weight excluding hydrogens is 845 g/mol. The number of aliphatic imine (C=N–C) groups is 2. The second-order valence-corrected chi connectivity index (χ2v) is 22.8. The smallest absolute Gasteiger partial charge is 0.126 e. The Morgan fingerprint density at radius 1 is 0.456 bits per heavy atom. The maximum atomic E-state index is 12.6. The molecular formula is C60H74N2O6. The summed E-state index contributed by atoms with van der Waals surface area (Å²) in [4.78, 5) is 9.27. The molecule has 0 spiro atoms. The van der Waals surface area contributed by atoms with Gasteiger partial charge in [0, 0.05) is 75.2 Å². The van der Waals surface area contributed by atoms with Crippen LogP contribution in [-0.2, 0) is 47.3 Å². The lowest BCUT2D eigenvalue weighted by molar-refractivity contribution is 0.307. The fourth-order valence-corrected chi connectivity index (χ4v) is 8.71. The first-order valence-corrected chi connectivity index (χ1v) is 24.4. The number of hydrogen-bond donors (Lipinski definition) is 2. The van der Waals surface area contributed by atoms with Crippen molar-refractivity contribution in [2.24, 2.45) is 9.98 Å². The van der Waals surface area contributed by atoms with Crippen LogP contribution in [0.25, 0.3) is 0 Å². The number of aromatic hydroxyl groups is 2. The Labute approximate surface area is 405 Å². The van der Waals surface area contributed by atoms with Crippen molar-refractivity contribution in [3.8, 4) is 23.0 Å². The highest BCUT2D eigenvalue weighted by Gasteiger charge is 2.28. The monoisotopic (exact) mass is 919 g/mol. The first kappa shape index (κ1) is 49.9. The van der Waals surface area contributed by atoms with Crippen LogP contribution in [0, 0.1) is 0 Å². The molecule has 0 fully saturated rings. The van der Waals surface area contributed by atoms with E-state index in [1.807, 2.05) is 24.6 Å². The number of phenols is 2. The zero-order valence-corrected chi connectivity index (χ0v) is 42.7. The predicted octanol–water partition coefficient (Wildman–Crippen LogP) is 13.9. The van der Waals surface area contributed by atoms with Crippen molar-refractivity contribution in [3.05, 3.63) is 164 Å². The van der Waals surface area contributed by atoms with Gasteiger partial charge in [-0.15, -0.1) is 0 Å². The summed E-state index contributed by atoms with van der Waals surface area (Å²) in [6, 6.07) is 21.6. The number of phenolic OH excluding ortho intramolecular Hbond substituents is 2. The van der Waals surface area contributed by atoms with Crippen LogP contribution in [0.4, 0.5) is 0 Å². The molecule has 0 amide bonds. The van der Waals surface area contributed by atoms with Gasteiger partial charge in [-0.3, -0.25) is 9.98 Å². The molecule has 2 N–H and O–H groups in total. The molecule has 68 heavy (non-hydrogen) atoms. The summed E-state index contributed by atoms with van der Waals surface area (Å²) in [5.41, 5.74) is 13.0. The third-order valence-electron chi connectivity index (χ3n) is 12.9. The Kier molecular flexibility index (Phi) is 14.9. The molecule has 0 radical (unpaired) electrons. The minimum atomic E-state index is -0.202. The van der Waals surface area contributed by atoms with Crippen LogP contribution in [0.5, 0.6) is 23.0 Å². The SMILES string of the molecule is CC(C)(C)c1cc2c(O)c(c1)Cc1cc(C(C)(C)C)cc(c1OCCCN=Cc1ccoc1)Cc1cc(C(C)(C)C)cc(c1O)Cc1cc(C(C)(C)C)cc(c1OCCCN=Cc1ccoc1)C2. The number of furan rings is 2. The van der Waals surface area contributed by atoms with Gasteiger partial charge in [-0.1, -0.05) is 132 Å². The van der Waals surface area contributed by atoms with E-state index in [2.05, 4.69) is 142 Å². The first-order chi connectivity index (χ1) is 32.0. The van der Waals surface area contributed by atoms with Gasteiger partial charge in [0.05, 0.1) is 38.3 Å². The van der Waals surface area contributed by atoms with Gasteiger partial charge in [-0.05, 0) is 101 Å². The van der Waals surface area contributed by atoms with E-state index in [1.165, 1.54) is 0 Å². The van der Waals surface area contributed by atoms with Crippen LogP contribution in [-0.4, -0.2) is 48.9 Å². The highest BCUT2D eigenvalue weighted by Crippen LogP contribution is 2.44. The van der Waals surface area contributed by atoms with E-state index in [4.69, 9.17) is 18.3 Å². The van der Waals surface area contributed by atoms with Crippen molar-refractivity contribution in [2.75, 3.05) is 26.3 Å². The second-order valence-electron chi connectivity index (χ2n) is 22.8. The molecule has 0 saturated heterocycles. The molecule has 8 nitrogen and oxygen atoms in total. The first-order valence-electron chi connectivity index (χ1n) is 24.4.